The third-order valence-corrected chi connectivity index (χ3v) is 6.39. The van der Waals surface area contributed by atoms with E-state index in [4.69, 9.17) is 13.9 Å². The van der Waals surface area contributed by atoms with Gasteiger partial charge in [0.15, 0.2) is 18.0 Å². The Bertz CT molecular complexity index is 1330. The van der Waals surface area contributed by atoms with Gasteiger partial charge in [0, 0.05) is 6.54 Å². The summed E-state index contributed by atoms with van der Waals surface area (Å²) in [6.07, 6.45) is 8.76. The molecule has 1 aromatic heterocycles. The Balaban J connectivity index is 1.34. The van der Waals surface area contributed by atoms with Gasteiger partial charge in [-0.05, 0) is 42.3 Å². The molecule has 2 heterocycles. The summed E-state index contributed by atoms with van der Waals surface area (Å²) in [5.74, 6) is -0.0453. The van der Waals surface area contributed by atoms with E-state index in [9.17, 15) is 19.2 Å². The highest BCUT2D eigenvalue weighted by Crippen LogP contribution is 2.27. The first kappa shape index (κ1) is 27.4. The van der Waals surface area contributed by atoms with Gasteiger partial charge in [-0.3, -0.25) is 9.59 Å². The highest BCUT2D eigenvalue weighted by molar-refractivity contribution is 6.16. The molecule has 0 saturated heterocycles. The van der Waals surface area contributed by atoms with Crippen molar-refractivity contribution in [3.63, 3.8) is 0 Å². The van der Waals surface area contributed by atoms with Crippen LogP contribution in [0.2, 0.25) is 0 Å². The zero-order valence-electron chi connectivity index (χ0n) is 21.8. The number of nitrogens with one attached hydrogen (secondary N) is 2. The number of nitrogens with zero attached hydrogens (tertiary/aromatic N) is 2. The van der Waals surface area contributed by atoms with Crippen LogP contribution in [0, 0.1) is 5.92 Å². The summed E-state index contributed by atoms with van der Waals surface area (Å²) in [5, 5.41) is 5.53. The first-order valence-electron chi connectivity index (χ1n) is 12.5. The van der Waals surface area contributed by atoms with Crippen molar-refractivity contribution < 1.29 is 37.6 Å². The maximum atomic E-state index is 13.3. The van der Waals surface area contributed by atoms with Crippen molar-refractivity contribution in [2.24, 2.45) is 5.92 Å². The second kappa shape index (κ2) is 12.7. The third kappa shape index (κ3) is 6.61. The monoisotopic (exact) mass is 535 g/mol. The first-order chi connectivity index (χ1) is 18.9. The minimum Gasteiger partial charge on any atom is -0.493 e. The van der Waals surface area contributed by atoms with Crippen LogP contribution in [-0.4, -0.2) is 72.8 Å². The normalized spacial score (nSPS) is 16.3. The summed E-state index contributed by atoms with van der Waals surface area (Å²) < 4.78 is 17.0. The summed E-state index contributed by atoms with van der Waals surface area (Å²) in [5.41, 5.74) is 1.38. The Morgan fingerprint density at radius 2 is 1.87 bits per heavy atom. The standard InChI is InChI=1S/C28H30N4O7/c1-37-23-10-9-19(16-24(23)38-2)11-13-29-25(33)12-14-31-27(35)21-7-3-4-8-22(21)32(28(31)36)18-26(34)30-17-20-6-5-15-39-20/h3-10,15-16,21H,11-14,17-18H2,1-2H3,(H-,29,30,33,34)/p+1. The molecule has 2 aliphatic rings. The predicted molar refractivity (Wildman–Crippen MR) is 140 cm³/mol. The number of carbonyl (C=O) groups is 4. The van der Waals surface area contributed by atoms with E-state index in [1.54, 1.807) is 56.7 Å². The van der Waals surface area contributed by atoms with Crippen molar-refractivity contribution in [3.8, 4) is 11.5 Å². The van der Waals surface area contributed by atoms with Crippen molar-refractivity contribution in [3.05, 3.63) is 72.2 Å². The maximum absolute atomic E-state index is 13.3. The van der Waals surface area contributed by atoms with Gasteiger partial charge in [0.25, 0.3) is 5.91 Å². The minimum absolute atomic E-state index is 0.0659. The molecule has 0 fully saturated rings. The van der Waals surface area contributed by atoms with E-state index < -0.39 is 23.8 Å². The molecule has 4 rings (SSSR count). The smallest absolute Gasteiger partial charge is 0.493 e. The molecule has 39 heavy (non-hydrogen) atoms. The molecular weight excluding hydrogens is 504 g/mol. The third-order valence-electron chi connectivity index (χ3n) is 6.39. The van der Waals surface area contributed by atoms with E-state index >= 15 is 0 Å². The van der Waals surface area contributed by atoms with Gasteiger partial charge in [0.1, 0.15) is 23.9 Å². The molecule has 1 aromatic carbocycles. The van der Waals surface area contributed by atoms with Gasteiger partial charge in [0.05, 0.1) is 33.4 Å². The van der Waals surface area contributed by atoms with Gasteiger partial charge in [0.2, 0.25) is 5.91 Å². The lowest BCUT2D eigenvalue weighted by Gasteiger charge is -2.26. The molecule has 2 N–H and O–H groups in total. The van der Waals surface area contributed by atoms with E-state index in [1.165, 1.54) is 10.8 Å². The van der Waals surface area contributed by atoms with E-state index in [1.807, 2.05) is 12.1 Å². The summed E-state index contributed by atoms with van der Waals surface area (Å²) in [4.78, 5) is 52.6. The summed E-state index contributed by atoms with van der Waals surface area (Å²) in [6, 6.07) is 8.33. The van der Waals surface area contributed by atoms with Crippen LogP contribution < -0.4 is 20.1 Å². The van der Waals surface area contributed by atoms with E-state index in [2.05, 4.69) is 10.6 Å². The van der Waals surface area contributed by atoms with Gasteiger partial charge < -0.3 is 24.5 Å². The first-order valence-corrected chi connectivity index (χ1v) is 12.5. The van der Waals surface area contributed by atoms with Crippen LogP contribution >= 0.6 is 0 Å². The Morgan fingerprint density at radius 3 is 2.62 bits per heavy atom. The Kier molecular flexibility index (Phi) is 8.93. The Hall–Kier alpha value is -4.67. The van der Waals surface area contributed by atoms with E-state index in [-0.39, 0.29) is 32.0 Å². The zero-order valence-corrected chi connectivity index (χ0v) is 21.8. The second-order valence-electron chi connectivity index (χ2n) is 8.90. The lowest BCUT2D eigenvalue weighted by Crippen LogP contribution is -2.56. The molecule has 1 atom stereocenters. The molecule has 0 bridgehead atoms. The van der Waals surface area contributed by atoms with Crippen molar-refractivity contribution in [1.82, 2.24) is 15.5 Å². The summed E-state index contributed by atoms with van der Waals surface area (Å²) in [7, 11) is 3.12. The molecule has 0 radical (unpaired) electrons. The number of benzene rings is 1. The number of ether oxygens (including phenoxy) is 2. The van der Waals surface area contributed by atoms with Crippen LogP contribution in [0.4, 0.5) is 4.79 Å². The number of fused-ring (bicyclic) bond motifs is 1. The molecular formula is C28H31N4O7+. The van der Waals surface area contributed by atoms with Gasteiger partial charge in [-0.15, -0.1) is 0 Å². The Labute approximate surface area is 225 Å². The van der Waals surface area contributed by atoms with Crippen LogP contribution in [0.25, 0.3) is 0 Å². The number of carbonyl (C=O) groups excluding carboxylic acids is 4. The van der Waals surface area contributed by atoms with Gasteiger partial charge in [-0.1, -0.05) is 24.3 Å². The topological polar surface area (TPSA) is 130 Å². The van der Waals surface area contributed by atoms with Gasteiger partial charge in [-0.2, -0.15) is 14.3 Å². The molecule has 1 aliphatic carbocycles. The number of methoxy groups -OCH3 is 2. The number of urea groups is 1. The lowest BCUT2D eigenvalue weighted by atomic mass is 9.94. The average Bonchev–Trinajstić information content (AvgIpc) is 3.48. The number of allylic oxidation sites excluding steroid dienone is 3. The van der Waals surface area contributed by atoms with Gasteiger partial charge >= 0.3 is 11.9 Å². The molecule has 2 aromatic rings. The average molecular weight is 536 g/mol. The molecule has 1 unspecified atom stereocenters. The molecule has 11 heteroatoms. The van der Waals surface area contributed by atoms with Crippen LogP contribution in [-0.2, 0) is 27.3 Å². The minimum atomic E-state index is -0.710. The van der Waals surface area contributed by atoms with E-state index in [0.717, 1.165) is 10.5 Å². The number of furan rings is 1. The summed E-state index contributed by atoms with van der Waals surface area (Å²) in [6.45, 7) is 0.164. The number of rotatable bonds is 12. The van der Waals surface area contributed by atoms with Crippen molar-refractivity contribution in [2.75, 3.05) is 33.9 Å². The maximum Gasteiger partial charge on any atom is 0.501 e. The predicted octanol–water partition coefficient (Wildman–Crippen LogP) is 1.82. The molecule has 0 spiro atoms. The molecule has 204 valence electrons. The molecule has 11 nitrogen and oxygen atoms in total. The molecule has 5 amide bonds. The fourth-order valence-electron chi connectivity index (χ4n) is 4.36. The Morgan fingerprint density at radius 1 is 1.05 bits per heavy atom. The van der Waals surface area contributed by atoms with Gasteiger partial charge in [-0.25, -0.2) is 4.79 Å². The van der Waals surface area contributed by atoms with Crippen LogP contribution in [0.15, 0.2) is 65.3 Å². The number of hydrogen-bond donors (Lipinski definition) is 2. The number of hydrogen-bond acceptors (Lipinski definition) is 7. The molecule has 0 saturated carbocycles. The van der Waals surface area contributed by atoms with Crippen molar-refractivity contribution >= 4 is 29.5 Å². The van der Waals surface area contributed by atoms with Crippen molar-refractivity contribution in [1.29, 1.82) is 0 Å². The highest BCUT2D eigenvalue weighted by atomic mass is 16.5. The highest BCUT2D eigenvalue weighted by Gasteiger charge is 2.47. The van der Waals surface area contributed by atoms with Crippen LogP contribution in [0.3, 0.4) is 0 Å². The second-order valence-corrected chi connectivity index (χ2v) is 8.90. The SMILES string of the molecule is COc1ccc(CCNC(=O)CCN2C(=O)C3C=CC=CC3=[N+](CC(=O)NCc3ccco3)C2=O)cc1OC. The lowest BCUT2D eigenvalue weighted by molar-refractivity contribution is -0.428. The molecule has 1 aliphatic heterocycles. The fourth-order valence-corrected chi connectivity index (χ4v) is 4.36. The summed E-state index contributed by atoms with van der Waals surface area (Å²) >= 11 is 0. The quantitative estimate of drug-likeness (QED) is 0.397. The number of amides is 5. The number of imide groups is 1. The fraction of sp³-hybridized carbons (Fsp3) is 0.321. The van der Waals surface area contributed by atoms with Crippen molar-refractivity contribution in [2.45, 2.75) is 19.4 Å². The van der Waals surface area contributed by atoms with Crippen LogP contribution in [0.5, 0.6) is 11.5 Å². The largest absolute Gasteiger partial charge is 0.501 e. The van der Waals surface area contributed by atoms with E-state index in [0.29, 0.717) is 35.9 Å². The van der Waals surface area contributed by atoms with Crippen LogP contribution in [0.1, 0.15) is 17.7 Å². The zero-order chi connectivity index (χ0) is 27.8.